The van der Waals surface area contributed by atoms with Crippen molar-refractivity contribution in [2.75, 3.05) is 95.2 Å². The molecule has 0 bridgehead atoms. The van der Waals surface area contributed by atoms with Crippen LogP contribution < -0.4 is 5.32 Å². The molecule has 3 aliphatic rings. The third kappa shape index (κ3) is 49.1. The van der Waals surface area contributed by atoms with Crippen LogP contribution in [0.2, 0.25) is 0 Å². The number of hydrogen-bond donors (Lipinski definition) is 1. The SMILES string of the molecule is C.C.C.C.CCC1CCC(COC)N1.CCCCC(C)COC.CCCCCC(C)OC.CCCCCCOC.CCCN1CC(OC)CC1C.CCCN1CCC(OC)CC1. The van der Waals surface area contributed by atoms with Crippen molar-refractivity contribution in [1.29, 1.82) is 0 Å². The van der Waals surface area contributed by atoms with E-state index in [0.29, 0.717) is 24.4 Å². The molecule has 6 atom stereocenters. The first-order chi connectivity index (χ1) is 28.0. The van der Waals surface area contributed by atoms with Crippen molar-refractivity contribution in [2.45, 2.75) is 250 Å². The zero-order chi connectivity index (χ0) is 44.2. The number of methoxy groups -OCH3 is 6. The molecule has 6 unspecified atom stereocenters. The first kappa shape index (κ1) is 75.9. The van der Waals surface area contributed by atoms with E-state index in [2.05, 4.69) is 77.4 Å². The standard InChI is InChI=1S/2C9H19NO.C8H17NO.2C8H18O.C7H16O.4CH4/c1-4-5-10-7-9(11-3)6-8(10)2;1-3-6-10-7-4-9(11-2)5-8-10;1-3-7-4-5-8(9-7)6-10-2;1-4-5-6-8(2)7-9-3;1-4-5-6-7-8(2)9-3;1-3-4-5-6-7-8-2;;;;/h8-9H,4-7H2,1-3H3;9H,3-8H2,1-2H3;7-9H,3-6H2,1-2H3;2*8H,4-7H2,1-3H3;3-7H2,1-2H3;4*1H4. The summed E-state index contributed by atoms with van der Waals surface area (Å²) in [5, 5.41) is 3.52. The Morgan fingerprint density at radius 2 is 1.15 bits per heavy atom. The van der Waals surface area contributed by atoms with Crippen molar-refractivity contribution in [3.8, 4) is 0 Å². The summed E-state index contributed by atoms with van der Waals surface area (Å²) >= 11 is 0. The third-order valence-electron chi connectivity index (χ3n) is 11.4. The van der Waals surface area contributed by atoms with Gasteiger partial charge in [-0.15, -0.1) is 0 Å². The first-order valence-corrected chi connectivity index (χ1v) is 24.3. The summed E-state index contributed by atoms with van der Waals surface area (Å²) < 4.78 is 30.6. The minimum atomic E-state index is 0. The number of ether oxygens (including phenoxy) is 6. The van der Waals surface area contributed by atoms with Crippen LogP contribution in [0.3, 0.4) is 0 Å². The minimum absolute atomic E-state index is 0. The van der Waals surface area contributed by atoms with Gasteiger partial charge in [0.15, 0.2) is 0 Å². The van der Waals surface area contributed by atoms with Crippen LogP contribution in [0.4, 0.5) is 0 Å². The number of hydrogen-bond acceptors (Lipinski definition) is 9. The van der Waals surface area contributed by atoms with E-state index in [1.54, 1.807) is 28.4 Å². The molecule has 62 heavy (non-hydrogen) atoms. The van der Waals surface area contributed by atoms with Gasteiger partial charge in [-0.2, -0.15) is 0 Å². The molecule has 3 saturated heterocycles. The van der Waals surface area contributed by atoms with Gasteiger partial charge >= 0.3 is 0 Å². The Morgan fingerprint density at radius 3 is 1.58 bits per heavy atom. The van der Waals surface area contributed by atoms with Crippen LogP contribution in [0.1, 0.15) is 214 Å². The smallest absolute Gasteiger partial charge is 0.0713 e. The van der Waals surface area contributed by atoms with E-state index >= 15 is 0 Å². The topological polar surface area (TPSA) is 73.9 Å². The Labute approximate surface area is 394 Å². The first-order valence-electron chi connectivity index (χ1n) is 24.3. The predicted molar refractivity (Wildman–Crippen MR) is 280 cm³/mol. The van der Waals surface area contributed by atoms with Gasteiger partial charge in [0, 0.05) is 93.6 Å². The second kappa shape index (κ2) is 58.7. The van der Waals surface area contributed by atoms with Crippen LogP contribution in [0.15, 0.2) is 0 Å². The normalized spacial score (nSPS) is 20.4. The summed E-state index contributed by atoms with van der Waals surface area (Å²) in [6.07, 6.45) is 25.8. The molecular weight excluding hydrogens is 775 g/mol. The van der Waals surface area contributed by atoms with E-state index in [-0.39, 0.29) is 29.7 Å². The molecule has 3 fully saturated rings. The fourth-order valence-corrected chi connectivity index (χ4v) is 7.45. The average molecular weight is 899 g/mol. The second-order valence-corrected chi connectivity index (χ2v) is 17.0. The van der Waals surface area contributed by atoms with Crippen molar-refractivity contribution >= 4 is 0 Å². The molecule has 0 aromatic heterocycles. The zero-order valence-electron chi connectivity index (χ0n) is 42.0. The molecule has 0 saturated carbocycles. The van der Waals surface area contributed by atoms with Gasteiger partial charge in [-0.3, -0.25) is 4.90 Å². The summed E-state index contributed by atoms with van der Waals surface area (Å²) in [6, 6.07) is 2.09. The van der Waals surface area contributed by atoms with E-state index in [9.17, 15) is 0 Å². The molecule has 386 valence electrons. The van der Waals surface area contributed by atoms with Crippen LogP contribution >= 0.6 is 0 Å². The molecular formula is C53H123N3O6. The van der Waals surface area contributed by atoms with E-state index < -0.39 is 0 Å². The van der Waals surface area contributed by atoms with Gasteiger partial charge in [-0.1, -0.05) is 130 Å². The number of nitrogens with one attached hydrogen (secondary N) is 1. The Kier molecular flexibility index (Phi) is 71.8. The predicted octanol–water partition coefficient (Wildman–Crippen LogP) is 14.0. The highest BCUT2D eigenvalue weighted by Crippen LogP contribution is 2.19. The molecule has 0 spiro atoms. The van der Waals surface area contributed by atoms with Gasteiger partial charge in [0.1, 0.15) is 0 Å². The van der Waals surface area contributed by atoms with Gasteiger partial charge in [-0.25, -0.2) is 0 Å². The fourth-order valence-electron chi connectivity index (χ4n) is 7.45. The molecule has 0 radical (unpaired) electrons. The lowest BCUT2D eigenvalue weighted by atomic mass is 10.1. The lowest BCUT2D eigenvalue weighted by Crippen LogP contribution is -2.36. The van der Waals surface area contributed by atoms with Crippen LogP contribution in [0, 0.1) is 5.92 Å². The van der Waals surface area contributed by atoms with E-state index in [1.807, 2.05) is 14.2 Å². The Bertz CT molecular complexity index is 755. The van der Waals surface area contributed by atoms with Crippen LogP contribution in [0.25, 0.3) is 0 Å². The largest absolute Gasteiger partial charge is 0.385 e. The molecule has 3 rings (SSSR count). The molecule has 9 nitrogen and oxygen atoms in total. The minimum Gasteiger partial charge on any atom is -0.385 e. The summed E-state index contributed by atoms with van der Waals surface area (Å²) in [4.78, 5) is 5.03. The van der Waals surface area contributed by atoms with Gasteiger partial charge in [0.25, 0.3) is 0 Å². The highest BCUT2D eigenvalue weighted by atomic mass is 16.5. The Hall–Kier alpha value is -0.360. The van der Waals surface area contributed by atoms with E-state index in [0.717, 1.165) is 44.4 Å². The Balaban J connectivity index is -0.000000116. The van der Waals surface area contributed by atoms with Crippen LogP contribution in [0.5, 0.6) is 0 Å². The lowest BCUT2D eigenvalue weighted by Gasteiger charge is -2.30. The summed E-state index contributed by atoms with van der Waals surface area (Å²) in [6.45, 7) is 28.8. The number of likely N-dealkylation sites (tertiary alicyclic amines) is 2. The molecule has 0 aromatic rings. The highest BCUT2D eigenvalue weighted by molar-refractivity contribution is 4.83. The van der Waals surface area contributed by atoms with Crippen molar-refractivity contribution < 1.29 is 28.4 Å². The lowest BCUT2D eigenvalue weighted by molar-refractivity contribution is 0.0412. The average Bonchev–Trinajstić information content (AvgIpc) is 3.86. The maximum absolute atomic E-state index is 5.32. The van der Waals surface area contributed by atoms with Crippen molar-refractivity contribution in [1.82, 2.24) is 15.1 Å². The number of piperidine rings is 1. The van der Waals surface area contributed by atoms with Crippen molar-refractivity contribution in [2.24, 2.45) is 5.92 Å². The van der Waals surface area contributed by atoms with Gasteiger partial charge in [0.2, 0.25) is 0 Å². The maximum Gasteiger partial charge on any atom is 0.0713 e. The number of unbranched alkanes of at least 4 members (excludes halogenated alkanes) is 6. The Morgan fingerprint density at radius 1 is 0.581 bits per heavy atom. The molecule has 1 N–H and O–H groups in total. The van der Waals surface area contributed by atoms with Gasteiger partial charge < -0.3 is 38.6 Å². The summed E-state index contributed by atoms with van der Waals surface area (Å²) in [5.74, 6) is 0.745. The number of nitrogens with zero attached hydrogens (tertiary/aromatic N) is 2. The van der Waals surface area contributed by atoms with Gasteiger partial charge in [0.05, 0.1) is 24.9 Å². The zero-order valence-corrected chi connectivity index (χ0v) is 42.0. The molecule has 3 heterocycles. The highest BCUT2D eigenvalue weighted by Gasteiger charge is 2.27. The molecule has 0 aromatic carbocycles. The quantitative estimate of drug-likeness (QED) is 0.0954. The van der Waals surface area contributed by atoms with Crippen molar-refractivity contribution in [3.05, 3.63) is 0 Å². The van der Waals surface area contributed by atoms with Crippen LogP contribution in [-0.4, -0.2) is 141 Å². The van der Waals surface area contributed by atoms with Crippen LogP contribution in [-0.2, 0) is 28.4 Å². The van der Waals surface area contributed by atoms with Crippen molar-refractivity contribution in [3.63, 3.8) is 0 Å². The molecule has 9 heteroatoms. The van der Waals surface area contributed by atoms with Gasteiger partial charge in [-0.05, 0) is 103 Å². The monoisotopic (exact) mass is 898 g/mol. The maximum atomic E-state index is 5.32. The summed E-state index contributed by atoms with van der Waals surface area (Å²) in [5.41, 5.74) is 0. The molecule has 0 aliphatic carbocycles. The van der Waals surface area contributed by atoms with E-state index in [4.69, 9.17) is 28.4 Å². The van der Waals surface area contributed by atoms with E-state index in [1.165, 1.54) is 148 Å². The summed E-state index contributed by atoms with van der Waals surface area (Å²) in [7, 11) is 10.7. The third-order valence-corrected chi connectivity index (χ3v) is 11.4. The fraction of sp³-hybridized carbons (Fsp3) is 1.00. The molecule has 3 aliphatic heterocycles. The second-order valence-electron chi connectivity index (χ2n) is 17.0. The molecule has 0 amide bonds. The number of rotatable bonds is 24.